The molecule has 2 amide bonds. The number of hydrogen-bond donors (Lipinski definition) is 22. The van der Waals surface area contributed by atoms with E-state index in [9.17, 15) is 122 Å². The molecule has 0 spiro atoms. The fourth-order valence-electron chi connectivity index (χ4n) is 11.8. The van der Waals surface area contributed by atoms with Crippen molar-refractivity contribution in [2.75, 3.05) is 53.4 Å². The largest absolute Gasteiger partial charge is 0.544 e. The van der Waals surface area contributed by atoms with Crippen LogP contribution in [0.15, 0.2) is 0 Å². The zero-order valence-corrected chi connectivity index (χ0v) is 49.2. The molecule has 7 saturated heterocycles. The van der Waals surface area contributed by atoms with E-state index in [1.54, 1.807) is 0 Å². The molecular formula is C51H85N2O38-. The van der Waals surface area contributed by atoms with Gasteiger partial charge in [0.15, 0.2) is 31.5 Å². The van der Waals surface area contributed by atoms with E-state index in [2.05, 4.69) is 10.6 Å². The van der Waals surface area contributed by atoms with Gasteiger partial charge >= 0.3 is 0 Å². The van der Waals surface area contributed by atoms with Gasteiger partial charge in [-0.1, -0.05) is 0 Å². The Hall–Kier alpha value is -2.95. The number of carboxylic acids is 1. The maximum atomic E-state index is 13.1. The predicted octanol–water partition coefficient (Wildman–Crippen LogP) is -16.4. The highest BCUT2D eigenvalue weighted by Gasteiger charge is 2.61. The predicted molar refractivity (Wildman–Crippen MR) is 278 cm³/mol. The highest BCUT2D eigenvalue weighted by atomic mass is 16.8. The first-order chi connectivity index (χ1) is 43.0. The van der Waals surface area contributed by atoms with Gasteiger partial charge in [-0.15, -0.1) is 0 Å². The van der Waals surface area contributed by atoms with E-state index in [0.29, 0.717) is 0 Å². The molecule has 40 nitrogen and oxygen atoms in total. The van der Waals surface area contributed by atoms with Crippen LogP contribution in [0.25, 0.3) is 0 Å². The van der Waals surface area contributed by atoms with Gasteiger partial charge < -0.3 is 189 Å². The van der Waals surface area contributed by atoms with E-state index in [-0.39, 0.29) is 0 Å². The maximum absolute atomic E-state index is 13.1. The molecule has 0 aromatic carbocycles. The van der Waals surface area contributed by atoms with Crippen LogP contribution in [0.1, 0.15) is 27.2 Å². The highest BCUT2D eigenvalue weighted by molar-refractivity contribution is 5.75. The number of rotatable bonds is 25. The summed E-state index contributed by atoms with van der Waals surface area (Å²) in [5.41, 5.74) is 0. The standard InChI is InChI=1S/C51H86N2O38/c1-13-26(64)41(29(67)19(8-56)80-13)89-47-36(74)34(72)39(22(11-59)84-47)86-48-37(75)42(31(69)23(85-48)12-79-46-35(73)33(71)28(66)18(7-55)81-46)88-45-25(53-15(3)61)32(70)38(21(10-58)83-45)87-49-44(78-4)43(30(68)20(9-57)82-49)91-51(50(76)77)5-16(62)24(52-14(2)60)40(90-51)27(65)17(63)6-54/h13,16-49,54-59,62-75H,5-12H2,1-4H3,(H,52,60)(H,53,61)(H,76,77)/p-1/t13-,16?,17?,18?,19?,20?,21?,22?,23?,24+,25?,26+,27?,28-,29+,30-,31-,32+,33?,34+,35-,36?,37?,38+,39+,40?,41?,42-,43-,44?,45-,46+,47-,48-,49-,51-/m0/s1. The third kappa shape index (κ3) is 16.2. The van der Waals surface area contributed by atoms with Crippen molar-refractivity contribution in [1.29, 1.82) is 0 Å². The first-order valence-electron chi connectivity index (χ1n) is 28.9. The summed E-state index contributed by atoms with van der Waals surface area (Å²) in [6.07, 6.45) is -65.8. The second-order valence-corrected chi connectivity index (χ2v) is 23.0. The number of carboxylic acid groups (broad SMARTS) is 1. The summed E-state index contributed by atoms with van der Waals surface area (Å²) in [5, 5.41) is 235. The molecule has 0 aromatic heterocycles. The van der Waals surface area contributed by atoms with Gasteiger partial charge in [-0.3, -0.25) is 9.59 Å². The Morgan fingerprint density at radius 2 is 0.945 bits per heavy atom. The van der Waals surface area contributed by atoms with Gasteiger partial charge in [0, 0.05) is 27.4 Å². The lowest BCUT2D eigenvalue weighted by atomic mass is 9.88. The number of carbonyl (C=O) groups is 3. The molecule has 16 unspecified atom stereocenters. The molecule has 7 heterocycles. The maximum Gasteiger partial charge on any atom is 0.217 e. The third-order valence-electron chi connectivity index (χ3n) is 16.8. The van der Waals surface area contributed by atoms with Crippen molar-refractivity contribution < 1.29 is 188 Å². The SMILES string of the molecule is COC1[C@H](O[C@@H]2C(CO)O[C@@H](O[C@@H]3C(O)[C@H](O[C@@H]4C(CO)O[C@@H](OC5[C@H](O)C(CO)O[C@@H](C)[C@H]5O)C(O)[C@H]4O)OC(CO[C@@H]4OC(CO)[C@H](O)C(O)[C@@H]4O)[C@@H]3O)C(NC(C)=O)[C@H]2O)OC(CO)[C@H](O)[C@@H]1O[C@]1(C(=O)[O-])CC(O)[C@@H](NC(C)=O)C(C(O)C(O)CO)O1. The lowest BCUT2D eigenvalue weighted by Gasteiger charge is -2.53. The molecule has 0 bridgehead atoms. The summed E-state index contributed by atoms with van der Waals surface area (Å²) in [5.74, 6) is -7.36. The van der Waals surface area contributed by atoms with E-state index < -0.39 is 291 Å². The highest BCUT2D eigenvalue weighted by Crippen LogP contribution is 2.41. The third-order valence-corrected chi connectivity index (χ3v) is 16.8. The van der Waals surface area contributed by atoms with Gasteiger partial charge in [0.05, 0.1) is 64.5 Å². The topological polar surface area (TPSA) is 632 Å². The summed E-state index contributed by atoms with van der Waals surface area (Å²) in [6, 6.07) is -3.65. The minimum atomic E-state index is -3.27. The van der Waals surface area contributed by atoms with Crippen molar-refractivity contribution in [3.05, 3.63) is 0 Å². The normalized spacial score (nSPS) is 48.1. The average Bonchev–Trinajstić information content (AvgIpc) is 0.766. The van der Waals surface area contributed by atoms with E-state index in [1.165, 1.54) is 6.92 Å². The van der Waals surface area contributed by atoms with Gasteiger partial charge in [0.2, 0.25) is 17.6 Å². The monoisotopic (exact) mass is 1330 g/mol. The summed E-state index contributed by atoms with van der Waals surface area (Å²) < 4.78 is 80.9. The molecule has 22 N–H and O–H groups in total. The summed E-state index contributed by atoms with van der Waals surface area (Å²) in [6.45, 7) is -3.84. The van der Waals surface area contributed by atoms with Crippen LogP contribution in [0.5, 0.6) is 0 Å². The number of amides is 2. The molecule has 7 rings (SSSR count). The van der Waals surface area contributed by atoms with Gasteiger partial charge in [-0.2, -0.15) is 0 Å². The van der Waals surface area contributed by atoms with Crippen LogP contribution in [0.2, 0.25) is 0 Å². The fourth-order valence-corrected chi connectivity index (χ4v) is 11.8. The van der Waals surface area contributed by atoms with Crippen molar-refractivity contribution in [2.45, 2.75) is 247 Å². The molecule has 7 fully saturated rings. The molecular weight excluding hydrogens is 1250 g/mol. The van der Waals surface area contributed by atoms with E-state index in [1.807, 2.05) is 0 Å². The van der Waals surface area contributed by atoms with Crippen LogP contribution in [0.3, 0.4) is 0 Å². The molecule has 528 valence electrons. The Balaban J connectivity index is 1.16. The second-order valence-electron chi connectivity index (χ2n) is 23.0. The Morgan fingerprint density at radius 3 is 1.52 bits per heavy atom. The number of nitrogens with one attached hydrogen (secondary N) is 2. The van der Waals surface area contributed by atoms with Crippen LogP contribution in [0, 0.1) is 0 Å². The Bertz CT molecular complexity index is 2310. The van der Waals surface area contributed by atoms with Gasteiger partial charge in [-0.05, 0) is 6.92 Å². The number of aliphatic hydroxyl groups is 20. The average molecular weight is 1330 g/mol. The Morgan fingerprint density at radius 1 is 0.495 bits per heavy atom. The van der Waals surface area contributed by atoms with Crippen LogP contribution in [-0.2, 0) is 80.7 Å². The minimum Gasteiger partial charge on any atom is -0.544 e. The minimum absolute atomic E-state index is 0.742. The zero-order chi connectivity index (χ0) is 67.4. The molecule has 36 atom stereocenters. The fraction of sp³-hybridized carbons (Fsp3) is 0.941. The molecule has 0 aromatic rings. The summed E-state index contributed by atoms with van der Waals surface area (Å²) in [4.78, 5) is 38.2. The van der Waals surface area contributed by atoms with Crippen LogP contribution >= 0.6 is 0 Å². The van der Waals surface area contributed by atoms with Gasteiger partial charge in [0.1, 0.15) is 171 Å². The smallest absolute Gasteiger partial charge is 0.217 e. The number of hydrogen-bond acceptors (Lipinski definition) is 38. The van der Waals surface area contributed by atoms with Crippen molar-refractivity contribution in [3.8, 4) is 0 Å². The first-order valence-corrected chi connectivity index (χ1v) is 28.9. The van der Waals surface area contributed by atoms with Gasteiger partial charge in [-0.25, -0.2) is 0 Å². The molecule has 0 saturated carbocycles. The van der Waals surface area contributed by atoms with Crippen molar-refractivity contribution in [1.82, 2.24) is 10.6 Å². The summed E-state index contributed by atoms with van der Waals surface area (Å²) in [7, 11) is 0.942. The number of aliphatic carboxylic acids is 1. The second kappa shape index (κ2) is 32.4. The number of aliphatic hydroxyl groups excluding tert-OH is 20. The number of methoxy groups -OCH3 is 1. The lowest BCUT2D eigenvalue weighted by molar-refractivity contribution is -0.413. The van der Waals surface area contributed by atoms with E-state index >= 15 is 0 Å². The van der Waals surface area contributed by atoms with Crippen LogP contribution in [-0.4, -0.2) is 394 Å². The molecule has 91 heavy (non-hydrogen) atoms. The molecule has 0 radical (unpaired) electrons. The van der Waals surface area contributed by atoms with Gasteiger partial charge in [0.25, 0.3) is 0 Å². The van der Waals surface area contributed by atoms with E-state index in [4.69, 9.17) is 66.3 Å². The van der Waals surface area contributed by atoms with Crippen molar-refractivity contribution in [2.24, 2.45) is 0 Å². The molecule has 7 aliphatic rings. The molecule has 0 aliphatic carbocycles. The van der Waals surface area contributed by atoms with Crippen molar-refractivity contribution >= 4 is 17.8 Å². The number of carbonyl (C=O) groups excluding carboxylic acids is 3. The first kappa shape index (κ1) is 75.4. The number of ether oxygens (including phenoxy) is 14. The quantitative estimate of drug-likeness (QED) is 0.0404. The van der Waals surface area contributed by atoms with E-state index in [0.717, 1.165) is 21.0 Å². The molecule has 7 aliphatic heterocycles. The summed E-state index contributed by atoms with van der Waals surface area (Å²) >= 11 is 0. The molecule has 40 heteroatoms. The lowest BCUT2D eigenvalue weighted by Crippen LogP contribution is -2.72. The van der Waals surface area contributed by atoms with Crippen LogP contribution in [0.4, 0.5) is 0 Å². The van der Waals surface area contributed by atoms with Crippen molar-refractivity contribution in [3.63, 3.8) is 0 Å². The Kier molecular flexibility index (Phi) is 26.9. The van der Waals surface area contributed by atoms with Crippen LogP contribution < -0.4 is 15.7 Å². The Labute approximate surface area is 516 Å². The zero-order valence-electron chi connectivity index (χ0n) is 49.2.